The van der Waals surface area contributed by atoms with Crippen molar-refractivity contribution in [2.45, 2.75) is 32.7 Å². The summed E-state index contributed by atoms with van der Waals surface area (Å²) in [6.07, 6.45) is 2.81. The molecule has 1 aliphatic carbocycles. The zero-order valence-corrected chi connectivity index (χ0v) is 17.0. The molecule has 2 heterocycles. The fourth-order valence-corrected chi connectivity index (χ4v) is 3.35. The zero-order chi connectivity index (χ0) is 21.1. The number of carbonyl (C=O) groups excluding carboxylic acids is 2. The van der Waals surface area contributed by atoms with Crippen molar-refractivity contribution in [2.75, 3.05) is 19.7 Å². The summed E-state index contributed by atoms with van der Waals surface area (Å²) in [5.41, 5.74) is 2.56. The number of benzene rings is 1. The number of amides is 1. The highest BCUT2D eigenvalue weighted by molar-refractivity contribution is 5.89. The van der Waals surface area contributed by atoms with Gasteiger partial charge in [0.25, 0.3) is 11.5 Å². The number of likely N-dealkylation sites (tertiary alicyclic amines) is 1. The summed E-state index contributed by atoms with van der Waals surface area (Å²) in [5.74, 6) is 7.18. The Hall–Kier alpha value is -3.33. The number of aromatic nitrogens is 1. The van der Waals surface area contributed by atoms with Crippen LogP contribution in [0.1, 0.15) is 36.1 Å². The number of hydrogen-bond donors (Lipinski definition) is 0. The number of rotatable bonds is 5. The first-order chi connectivity index (χ1) is 14.5. The van der Waals surface area contributed by atoms with Crippen LogP contribution in [0.5, 0.6) is 5.75 Å². The van der Waals surface area contributed by atoms with Crippen molar-refractivity contribution in [3.05, 3.63) is 63.6 Å². The standard InChI is InChI=1S/C24H24N2O4/c1-17-12-22(30-16-24(29)25-11-10-21(27)15-25)13-23(28)26(17)14-20-8-6-19(7-9-20)5-4-18-2-3-18/h6-9,12-13,18H,2-3,10-11,14-16H2,1H3. The Morgan fingerprint density at radius 1 is 1.17 bits per heavy atom. The number of pyridine rings is 1. The summed E-state index contributed by atoms with van der Waals surface area (Å²) in [4.78, 5) is 37.5. The van der Waals surface area contributed by atoms with Gasteiger partial charge in [-0.05, 0) is 43.5 Å². The average molecular weight is 404 g/mol. The molecule has 1 aromatic heterocycles. The molecule has 1 amide bonds. The number of aryl methyl sites for hydroxylation is 1. The van der Waals surface area contributed by atoms with Crippen molar-refractivity contribution in [3.8, 4) is 17.6 Å². The first-order valence-electron chi connectivity index (χ1n) is 10.2. The quantitative estimate of drug-likeness (QED) is 0.716. The smallest absolute Gasteiger partial charge is 0.260 e. The number of hydrogen-bond acceptors (Lipinski definition) is 4. The summed E-state index contributed by atoms with van der Waals surface area (Å²) in [7, 11) is 0. The Morgan fingerprint density at radius 3 is 2.57 bits per heavy atom. The minimum atomic E-state index is -0.243. The molecule has 0 unspecified atom stereocenters. The Morgan fingerprint density at radius 2 is 1.93 bits per heavy atom. The van der Waals surface area contributed by atoms with E-state index in [0.717, 1.165) is 16.8 Å². The van der Waals surface area contributed by atoms with E-state index in [9.17, 15) is 14.4 Å². The number of nitrogens with zero attached hydrogens (tertiary/aromatic N) is 2. The maximum absolute atomic E-state index is 12.6. The highest BCUT2D eigenvalue weighted by Gasteiger charge is 2.24. The van der Waals surface area contributed by atoms with E-state index < -0.39 is 0 Å². The molecule has 0 atom stereocenters. The van der Waals surface area contributed by atoms with Crippen molar-refractivity contribution >= 4 is 11.7 Å². The fraction of sp³-hybridized carbons (Fsp3) is 0.375. The normalized spacial score (nSPS) is 15.6. The third kappa shape index (κ3) is 4.98. The molecule has 6 nitrogen and oxygen atoms in total. The monoisotopic (exact) mass is 404 g/mol. The van der Waals surface area contributed by atoms with Gasteiger partial charge < -0.3 is 14.2 Å². The predicted molar refractivity (Wildman–Crippen MR) is 112 cm³/mol. The van der Waals surface area contributed by atoms with Crippen LogP contribution in [0, 0.1) is 24.7 Å². The number of ether oxygens (including phenoxy) is 1. The Kier molecular flexibility index (Phi) is 5.71. The molecule has 6 heteroatoms. The van der Waals surface area contributed by atoms with Gasteiger partial charge in [0.15, 0.2) is 12.4 Å². The highest BCUT2D eigenvalue weighted by atomic mass is 16.5. The highest BCUT2D eigenvalue weighted by Crippen LogP contribution is 2.27. The SMILES string of the molecule is Cc1cc(OCC(=O)N2CCC(=O)C2)cc(=O)n1Cc1ccc(C#CC2CC2)cc1. The van der Waals surface area contributed by atoms with E-state index in [2.05, 4.69) is 11.8 Å². The summed E-state index contributed by atoms with van der Waals surface area (Å²) in [5, 5.41) is 0. The molecule has 1 saturated heterocycles. The molecule has 0 N–H and O–H groups in total. The lowest BCUT2D eigenvalue weighted by atomic mass is 10.1. The predicted octanol–water partition coefficient (Wildman–Crippen LogP) is 2.15. The van der Waals surface area contributed by atoms with E-state index in [1.165, 1.54) is 23.8 Å². The first kappa shape index (κ1) is 20.0. The third-order valence-corrected chi connectivity index (χ3v) is 5.34. The van der Waals surface area contributed by atoms with E-state index in [4.69, 9.17) is 4.74 Å². The van der Waals surface area contributed by atoms with Crippen LogP contribution >= 0.6 is 0 Å². The Bertz CT molecular complexity index is 1080. The van der Waals surface area contributed by atoms with Gasteiger partial charge in [0, 0.05) is 36.2 Å². The van der Waals surface area contributed by atoms with Crippen LogP contribution in [0.2, 0.25) is 0 Å². The minimum Gasteiger partial charge on any atom is -0.484 e. The lowest BCUT2D eigenvalue weighted by Crippen LogP contribution is -2.33. The second-order valence-corrected chi connectivity index (χ2v) is 7.89. The second-order valence-electron chi connectivity index (χ2n) is 7.89. The molecule has 2 aliphatic rings. The lowest BCUT2D eigenvalue weighted by Gasteiger charge is -2.16. The Labute approximate surface area is 175 Å². The summed E-state index contributed by atoms with van der Waals surface area (Å²) in [6, 6.07) is 11.1. The van der Waals surface area contributed by atoms with Crippen LogP contribution in [0.15, 0.2) is 41.2 Å². The molecule has 4 rings (SSSR count). The van der Waals surface area contributed by atoms with Gasteiger partial charge in [-0.25, -0.2) is 0 Å². The maximum Gasteiger partial charge on any atom is 0.260 e. The molecule has 154 valence electrons. The Balaban J connectivity index is 1.38. The third-order valence-electron chi connectivity index (χ3n) is 5.34. The van der Waals surface area contributed by atoms with Gasteiger partial charge in [-0.15, -0.1) is 0 Å². The van der Waals surface area contributed by atoms with Crippen molar-refractivity contribution in [3.63, 3.8) is 0 Å². The molecule has 1 aliphatic heterocycles. The van der Waals surface area contributed by atoms with Crippen molar-refractivity contribution < 1.29 is 14.3 Å². The van der Waals surface area contributed by atoms with Gasteiger partial charge >= 0.3 is 0 Å². The van der Waals surface area contributed by atoms with Crippen molar-refractivity contribution in [1.82, 2.24) is 9.47 Å². The molecule has 30 heavy (non-hydrogen) atoms. The molecule has 0 spiro atoms. The van der Waals surface area contributed by atoms with Crippen LogP contribution < -0.4 is 10.3 Å². The van der Waals surface area contributed by atoms with E-state index in [1.54, 1.807) is 10.6 Å². The summed E-state index contributed by atoms with van der Waals surface area (Å²) >= 11 is 0. The van der Waals surface area contributed by atoms with Crippen LogP contribution in [0.4, 0.5) is 0 Å². The largest absolute Gasteiger partial charge is 0.484 e. The second kappa shape index (κ2) is 8.58. The van der Waals surface area contributed by atoms with Gasteiger partial charge in [-0.1, -0.05) is 24.0 Å². The number of carbonyl (C=O) groups is 2. The minimum absolute atomic E-state index is 0.0600. The van der Waals surface area contributed by atoms with E-state index in [1.807, 2.05) is 31.2 Å². The van der Waals surface area contributed by atoms with Gasteiger partial charge in [-0.2, -0.15) is 0 Å². The van der Waals surface area contributed by atoms with E-state index in [-0.39, 0.29) is 30.4 Å². The molecular formula is C24H24N2O4. The molecule has 1 aromatic carbocycles. The van der Waals surface area contributed by atoms with Gasteiger partial charge in [0.2, 0.25) is 0 Å². The molecule has 0 radical (unpaired) electrons. The van der Waals surface area contributed by atoms with Gasteiger partial charge in [0.1, 0.15) is 5.75 Å². The topological polar surface area (TPSA) is 68.6 Å². The number of ketones is 1. The molecular weight excluding hydrogens is 380 g/mol. The fourth-order valence-electron chi connectivity index (χ4n) is 3.35. The maximum atomic E-state index is 12.6. The van der Waals surface area contributed by atoms with Crippen LogP contribution in [0.3, 0.4) is 0 Å². The van der Waals surface area contributed by atoms with Crippen LogP contribution in [-0.2, 0) is 16.1 Å². The van der Waals surface area contributed by atoms with Crippen LogP contribution in [-0.4, -0.2) is 40.9 Å². The van der Waals surface area contributed by atoms with Gasteiger partial charge in [-0.3, -0.25) is 14.4 Å². The summed E-state index contributed by atoms with van der Waals surface area (Å²) < 4.78 is 7.18. The summed E-state index contributed by atoms with van der Waals surface area (Å²) in [6.45, 7) is 2.70. The molecule has 2 fully saturated rings. The molecule has 2 aromatic rings. The molecule has 1 saturated carbocycles. The molecule has 0 bridgehead atoms. The van der Waals surface area contributed by atoms with Crippen molar-refractivity contribution in [2.24, 2.45) is 5.92 Å². The van der Waals surface area contributed by atoms with Gasteiger partial charge in [0.05, 0.1) is 13.1 Å². The lowest BCUT2D eigenvalue weighted by molar-refractivity contribution is -0.133. The van der Waals surface area contributed by atoms with E-state index >= 15 is 0 Å². The number of Topliss-reactive ketones (excluding diaryl/α,β-unsaturated/α-hetero) is 1. The van der Waals surface area contributed by atoms with Crippen molar-refractivity contribution in [1.29, 1.82) is 0 Å². The average Bonchev–Trinajstić information content (AvgIpc) is 3.46. The van der Waals surface area contributed by atoms with Crippen LogP contribution in [0.25, 0.3) is 0 Å². The van der Waals surface area contributed by atoms with E-state index in [0.29, 0.717) is 31.2 Å². The zero-order valence-electron chi connectivity index (χ0n) is 17.0. The first-order valence-corrected chi connectivity index (χ1v) is 10.2.